The Hall–Kier alpha value is -3.68. The van der Waals surface area contributed by atoms with Crippen LogP contribution in [0.2, 0.25) is 0 Å². The summed E-state index contributed by atoms with van der Waals surface area (Å²) >= 11 is 0. The van der Waals surface area contributed by atoms with Gasteiger partial charge in [-0.15, -0.1) is 6.58 Å². The summed E-state index contributed by atoms with van der Waals surface area (Å²) < 4.78 is 20.6. The Kier molecular flexibility index (Phi) is 21.4. The highest BCUT2D eigenvalue weighted by atomic mass is 16.6. The lowest BCUT2D eigenvalue weighted by molar-refractivity contribution is -0.144. The van der Waals surface area contributed by atoms with E-state index in [0.29, 0.717) is 12.8 Å². The van der Waals surface area contributed by atoms with Crippen molar-refractivity contribution >= 4 is 23.9 Å². The van der Waals surface area contributed by atoms with Crippen molar-refractivity contribution in [2.24, 2.45) is 11.8 Å². The van der Waals surface area contributed by atoms with Gasteiger partial charge in [-0.3, -0.25) is 0 Å². The van der Waals surface area contributed by atoms with Gasteiger partial charge >= 0.3 is 23.9 Å². The summed E-state index contributed by atoms with van der Waals surface area (Å²) in [6.45, 7) is 14.4. The second-order valence-corrected chi connectivity index (χ2v) is 8.51. The molecule has 0 aromatic heterocycles. The smallest absolute Gasteiger partial charge is 0.330 e. The van der Waals surface area contributed by atoms with E-state index in [1.54, 1.807) is 12.2 Å². The quantitative estimate of drug-likeness (QED) is 0.0434. The minimum atomic E-state index is -0.533. The van der Waals surface area contributed by atoms with Crippen LogP contribution in [0.25, 0.3) is 0 Å². The zero-order valence-electron chi connectivity index (χ0n) is 22.4. The van der Waals surface area contributed by atoms with Crippen LogP contribution in [-0.2, 0) is 38.1 Å². The first-order valence-electron chi connectivity index (χ1n) is 12.8. The Morgan fingerprint density at radius 2 is 1.03 bits per heavy atom. The van der Waals surface area contributed by atoms with E-state index in [1.807, 2.05) is 12.2 Å². The van der Waals surface area contributed by atoms with Crippen LogP contribution in [0.3, 0.4) is 0 Å². The molecular weight excluding hydrogens is 488 g/mol. The van der Waals surface area contributed by atoms with Crippen molar-refractivity contribution in [3.05, 3.63) is 74.9 Å². The van der Waals surface area contributed by atoms with Gasteiger partial charge in [-0.2, -0.15) is 0 Å². The zero-order valence-corrected chi connectivity index (χ0v) is 22.4. The molecule has 0 heterocycles. The number of carbonyl (C=O) groups excluding carboxylic acids is 4. The summed E-state index contributed by atoms with van der Waals surface area (Å²) in [6.07, 6.45) is 18.6. The summed E-state index contributed by atoms with van der Waals surface area (Å²) in [7, 11) is 0. The molecule has 8 heteroatoms. The van der Waals surface area contributed by atoms with Gasteiger partial charge < -0.3 is 18.9 Å². The first kappa shape index (κ1) is 34.3. The Labute approximate surface area is 226 Å². The van der Waals surface area contributed by atoms with E-state index < -0.39 is 23.9 Å². The maximum atomic E-state index is 12.1. The molecule has 8 nitrogen and oxygen atoms in total. The second kappa shape index (κ2) is 23.7. The van der Waals surface area contributed by atoms with Crippen LogP contribution in [0, 0.1) is 11.8 Å². The standard InChI is InChI=1S/C30H42O8/c1-5-9-10-12-15-18-26(23-37-29(33)8-4)24-38-30(34)20-17-14-11-13-16-19-25(21-35-27(31)6-2)22-36-28(32)7-3/h5-8,11,14,17,20,25-26H,1-4,9-10,12-13,15-16,18-19,21-24H2. The Balaban J connectivity index is 4.46. The fourth-order valence-corrected chi connectivity index (χ4v) is 3.19. The number of carbonyl (C=O) groups is 4. The number of ether oxygens (including phenoxy) is 4. The van der Waals surface area contributed by atoms with Crippen LogP contribution in [0.4, 0.5) is 0 Å². The number of hydrogen-bond acceptors (Lipinski definition) is 8. The predicted molar refractivity (Wildman–Crippen MR) is 147 cm³/mol. The highest BCUT2D eigenvalue weighted by Gasteiger charge is 2.14. The van der Waals surface area contributed by atoms with E-state index in [-0.39, 0.29) is 38.3 Å². The number of hydrogen-bond donors (Lipinski definition) is 0. The minimum absolute atomic E-state index is 0.0834. The molecule has 210 valence electrons. The molecule has 1 unspecified atom stereocenters. The summed E-state index contributed by atoms with van der Waals surface area (Å²) in [5.41, 5.74) is 0. The van der Waals surface area contributed by atoms with Gasteiger partial charge in [0, 0.05) is 36.1 Å². The molecule has 1 atom stereocenters. The van der Waals surface area contributed by atoms with Crippen LogP contribution in [0.5, 0.6) is 0 Å². The lowest BCUT2D eigenvalue weighted by atomic mass is 10.0. The van der Waals surface area contributed by atoms with E-state index in [9.17, 15) is 19.2 Å². The van der Waals surface area contributed by atoms with Gasteiger partial charge in [0.25, 0.3) is 0 Å². The Morgan fingerprint density at radius 1 is 0.553 bits per heavy atom. The van der Waals surface area contributed by atoms with Crippen molar-refractivity contribution in [3.8, 4) is 0 Å². The van der Waals surface area contributed by atoms with Crippen molar-refractivity contribution in [2.45, 2.75) is 51.4 Å². The van der Waals surface area contributed by atoms with E-state index >= 15 is 0 Å². The van der Waals surface area contributed by atoms with Gasteiger partial charge in [-0.05, 0) is 38.5 Å². The predicted octanol–water partition coefficient (Wildman–Crippen LogP) is 5.37. The number of allylic oxidation sites excluding steroid dienone is 4. The summed E-state index contributed by atoms with van der Waals surface area (Å²) in [5, 5.41) is 0. The molecule has 0 amide bonds. The van der Waals surface area contributed by atoms with Gasteiger partial charge in [0.2, 0.25) is 0 Å². The van der Waals surface area contributed by atoms with Crippen molar-refractivity contribution in [1.82, 2.24) is 0 Å². The Morgan fingerprint density at radius 3 is 1.50 bits per heavy atom. The van der Waals surface area contributed by atoms with Crippen molar-refractivity contribution in [1.29, 1.82) is 0 Å². The van der Waals surface area contributed by atoms with Gasteiger partial charge in [0.05, 0.1) is 26.4 Å². The largest absolute Gasteiger partial charge is 0.462 e. The molecule has 0 radical (unpaired) electrons. The molecule has 38 heavy (non-hydrogen) atoms. The average molecular weight is 531 g/mol. The van der Waals surface area contributed by atoms with Gasteiger partial charge in [0.1, 0.15) is 0 Å². The normalized spacial score (nSPS) is 11.6. The first-order valence-corrected chi connectivity index (χ1v) is 12.8. The second-order valence-electron chi connectivity index (χ2n) is 8.51. The molecule has 0 N–H and O–H groups in total. The number of unbranched alkanes of at least 4 members (excludes halogenated alkanes) is 4. The topological polar surface area (TPSA) is 105 Å². The van der Waals surface area contributed by atoms with Crippen LogP contribution in [-0.4, -0.2) is 50.3 Å². The van der Waals surface area contributed by atoms with Crippen LogP contribution >= 0.6 is 0 Å². The molecule has 0 aliphatic rings. The third-order valence-corrected chi connectivity index (χ3v) is 5.33. The summed E-state index contributed by atoms with van der Waals surface area (Å²) in [5.74, 6) is -2.28. The highest BCUT2D eigenvalue weighted by Crippen LogP contribution is 2.14. The molecule has 0 spiro atoms. The molecule has 0 aromatic carbocycles. The molecule has 0 saturated carbocycles. The highest BCUT2D eigenvalue weighted by molar-refractivity contribution is 5.82. The molecule has 0 aliphatic heterocycles. The van der Waals surface area contributed by atoms with Gasteiger partial charge in [-0.25, -0.2) is 19.2 Å². The van der Waals surface area contributed by atoms with Crippen molar-refractivity contribution < 1.29 is 38.1 Å². The molecule has 0 aromatic rings. The minimum Gasteiger partial charge on any atom is -0.462 e. The Bertz CT molecular complexity index is 800. The summed E-state index contributed by atoms with van der Waals surface area (Å²) in [6, 6.07) is 0. The van der Waals surface area contributed by atoms with E-state index in [2.05, 4.69) is 26.3 Å². The van der Waals surface area contributed by atoms with Crippen molar-refractivity contribution in [2.75, 3.05) is 26.4 Å². The maximum Gasteiger partial charge on any atom is 0.330 e. The van der Waals surface area contributed by atoms with E-state index in [1.165, 1.54) is 6.08 Å². The molecule has 0 saturated heterocycles. The fraction of sp³-hybridized carbons (Fsp3) is 0.467. The van der Waals surface area contributed by atoms with Gasteiger partial charge in [-0.1, -0.05) is 56.9 Å². The van der Waals surface area contributed by atoms with Crippen molar-refractivity contribution in [3.63, 3.8) is 0 Å². The third-order valence-electron chi connectivity index (χ3n) is 5.33. The fourth-order valence-electron chi connectivity index (χ4n) is 3.19. The van der Waals surface area contributed by atoms with Gasteiger partial charge in [0.15, 0.2) is 0 Å². The monoisotopic (exact) mass is 530 g/mol. The van der Waals surface area contributed by atoms with Crippen LogP contribution in [0.1, 0.15) is 51.4 Å². The maximum absolute atomic E-state index is 12.1. The number of esters is 4. The third kappa shape index (κ3) is 20.5. The van der Waals surface area contributed by atoms with Crippen LogP contribution in [0.15, 0.2) is 74.9 Å². The summed E-state index contributed by atoms with van der Waals surface area (Å²) in [4.78, 5) is 46.0. The molecule has 0 rings (SSSR count). The van der Waals surface area contributed by atoms with E-state index in [0.717, 1.165) is 56.8 Å². The zero-order chi connectivity index (χ0) is 28.4. The molecule has 0 aliphatic carbocycles. The lowest BCUT2D eigenvalue weighted by Gasteiger charge is -2.16. The van der Waals surface area contributed by atoms with Crippen LogP contribution < -0.4 is 0 Å². The molecule has 0 bridgehead atoms. The first-order chi connectivity index (χ1) is 18.4. The average Bonchev–Trinajstić information content (AvgIpc) is 2.93. The lowest BCUT2D eigenvalue weighted by Crippen LogP contribution is -2.20. The molecular formula is C30H42O8. The van der Waals surface area contributed by atoms with E-state index in [4.69, 9.17) is 18.9 Å². The molecule has 0 fully saturated rings. The SMILES string of the molecule is C=CCCCCCC(COC(=O)C=C)COC(=O)C=CC=CCCCC(COC(=O)C=C)COC(=O)C=C. The number of rotatable bonds is 23.